The summed E-state index contributed by atoms with van der Waals surface area (Å²) in [6.07, 6.45) is -0.523. The number of halogens is 1. The first kappa shape index (κ1) is 15.6. The molecule has 2 atom stereocenters. The maximum atomic E-state index is 13.9. The van der Waals surface area contributed by atoms with Gasteiger partial charge in [-0.05, 0) is 13.3 Å². The minimum atomic E-state index is -1.26. The molecule has 0 radical (unpaired) electrons. The Morgan fingerprint density at radius 2 is 2.43 bits per heavy atom. The van der Waals surface area contributed by atoms with Crippen molar-refractivity contribution in [2.24, 2.45) is 0 Å². The molecule has 2 unspecified atom stereocenters. The number of alkyl halides is 1. The molecule has 1 aromatic rings. The second-order valence-corrected chi connectivity index (χ2v) is 4.81. The number of ether oxygens (including phenoxy) is 2. The number of hydrogen-bond donors (Lipinski definition) is 1. The molecule has 118 valence electrons. The number of aliphatic hydroxyl groups excluding tert-OH is 1. The maximum Gasteiger partial charge on any atom is 0.352 e. The van der Waals surface area contributed by atoms with Crippen LogP contribution >= 0.6 is 0 Å². The van der Waals surface area contributed by atoms with Gasteiger partial charge in [0.15, 0.2) is 0 Å². The normalized spacial score (nSPS) is 22.2. The van der Waals surface area contributed by atoms with Crippen molar-refractivity contribution >= 4 is 5.69 Å². The van der Waals surface area contributed by atoms with Crippen molar-refractivity contribution < 1.29 is 23.9 Å². The van der Waals surface area contributed by atoms with Gasteiger partial charge in [0, 0.05) is 19.6 Å². The first-order chi connectivity index (χ1) is 10.1. The van der Waals surface area contributed by atoms with Gasteiger partial charge in [-0.1, -0.05) is 0 Å². The molecule has 0 amide bonds. The summed E-state index contributed by atoms with van der Waals surface area (Å²) in [5, 5.41) is 23.9. The molecule has 1 saturated heterocycles. The Hall–Kier alpha value is -1.74. The number of nitro groups is 1. The molecule has 1 aliphatic rings. The molecule has 1 fully saturated rings. The zero-order chi connectivity index (χ0) is 15.4. The van der Waals surface area contributed by atoms with E-state index in [-0.39, 0.29) is 37.1 Å². The Morgan fingerprint density at radius 1 is 1.67 bits per heavy atom. The Bertz CT molecular complexity index is 507. The van der Waals surface area contributed by atoms with Crippen molar-refractivity contribution in [2.45, 2.75) is 32.0 Å². The van der Waals surface area contributed by atoms with E-state index in [0.717, 1.165) is 0 Å². The lowest BCUT2D eigenvalue weighted by Crippen LogP contribution is -2.32. The van der Waals surface area contributed by atoms with Crippen LogP contribution in [0.25, 0.3) is 0 Å². The van der Waals surface area contributed by atoms with E-state index < -0.39 is 17.1 Å². The first-order valence-electron chi connectivity index (χ1n) is 6.75. The summed E-state index contributed by atoms with van der Waals surface area (Å²) >= 11 is 0. The minimum Gasteiger partial charge on any atom is -0.472 e. The lowest BCUT2D eigenvalue weighted by molar-refractivity contribution is -0.386. The Balaban J connectivity index is 2.29. The van der Waals surface area contributed by atoms with Gasteiger partial charge in [0.05, 0.1) is 24.2 Å². The zero-order valence-corrected chi connectivity index (χ0v) is 11.7. The van der Waals surface area contributed by atoms with Gasteiger partial charge in [-0.2, -0.15) is 0 Å². The van der Waals surface area contributed by atoms with Crippen molar-refractivity contribution in [3.8, 4) is 5.88 Å². The van der Waals surface area contributed by atoms with Crippen LogP contribution in [0.3, 0.4) is 0 Å². The van der Waals surface area contributed by atoms with E-state index in [9.17, 15) is 14.5 Å². The van der Waals surface area contributed by atoms with Gasteiger partial charge >= 0.3 is 11.6 Å². The highest BCUT2D eigenvalue weighted by molar-refractivity contribution is 5.45. The van der Waals surface area contributed by atoms with Gasteiger partial charge < -0.3 is 14.6 Å². The van der Waals surface area contributed by atoms with E-state index in [1.165, 1.54) is 11.6 Å². The van der Waals surface area contributed by atoms with E-state index in [2.05, 4.69) is 5.10 Å². The zero-order valence-electron chi connectivity index (χ0n) is 11.7. The summed E-state index contributed by atoms with van der Waals surface area (Å²) in [4.78, 5) is 10.6. The van der Waals surface area contributed by atoms with Gasteiger partial charge in [0.25, 0.3) is 0 Å². The number of aromatic nitrogens is 2. The van der Waals surface area contributed by atoms with Gasteiger partial charge in [-0.25, -0.2) is 4.39 Å². The van der Waals surface area contributed by atoms with Crippen LogP contribution < -0.4 is 4.74 Å². The molecule has 0 spiro atoms. The summed E-state index contributed by atoms with van der Waals surface area (Å²) < 4.78 is 25.5. The van der Waals surface area contributed by atoms with Crippen LogP contribution in [-0.2, 0) is 4.74 Å². The van der Waals surface area contributed by atoms with Crippen LogP contribution in [-0.4, -0.2) is 52.4 Å². The van der Waals surface area contributed by atoms with Crippen molar-refractivity contribution in [3.63, 3.8) is 0 Å². The Morgan fingerprint density at radius 3 is 3.05 bits per heavy atom. The highest BCUT2D eigenvalue weighted by Crippen LogP contribution is 2.34. The molecule has 2 heterocycles. The molecular weight excluding hydrogens is 285 g/mol. The molecule has 9 heteroatoms. The van der Waals surface area contributed by atoms with E-state index in [1.54, 1.807) is 0 Å². The van der Waals surface area contributed by atoms with Gasteiger partial charge in [0.2, 0.25) is 0 Å². The molecule has 0 aromatic carbocycles. The molecule has 1 N–H and O–H groups in total. The van der Waals surface area contributed by atoms with E-state index in [1.807, 2.05) is 0 Å². The Kier molecular flexibility index (Phi) is 5.07. The summed E-state index contributed by atoms with van der Waals surface area (Å²) in [5.74, 6) is -0.135. The van der Waals surface area contributed by atoms with Crippen molar-refractivity contribution in [1.29, 1.82) is 0 Å². The number of hydrogen-bond acceptors (Lipinski definition) is 6. The molecule has 0 saturated carbocycles. The second-order valence-electron chi connectivity index (χ2n) is 4.81. The fraction of sp³-hybridized carbons (Fsp3) is 0.750. The lowest BCUT2D eigenvalue weighted by Gasteiger charge is -2.26. The van der Waals surface area contributed by atoms with Crippen molar-refractivity contribution in [3.05, 3.63) is 15.8 Å². The SMILES string of the molecule is Cc1c([N+](=O)[O-])c(OCCCO)nn1C1CCOCC1F. The van der Waals surface area contributed by atoms with Crippen LogP contribution in [0.1, 0.15) is 24.6 Å². The molecule has 0 aliphatic carbocycles. The molecule has 21 heavy (non-hydrogen) atoms. The average Bonchev–Trinajstić information content (AvgIpc) is 2.76. The highest BCUT2D eigenvalue weighted by Gasteiger charge is 2.34. The molecule has 2 rings (SSSR count). The third-order valence-electron chi connectivity index (χ3n) is 3.38. The summed E-state index contributed by atoms with van der Waals surface area (Å²) in [7, 11) is 0. The van der Waals surface area contributed by atoms with Gasteiger partial charge in [0.1, 0.15) is 11.9 Å². The van der Waals surface area contributed by atoms with Crippen molar-refractivity contribution in [1.82, 2.24) is 9.78 Å². The maximum absolute atomic E-state index is 13.9. The minimum absolute atomic E-state index is 0.0432. The van der Waals surface area contributed by atoms with Crippen LogP contribution in [0.15, 0.2) is 0 Å². The van der Waals surface area contributed by atoms with E-state index >= 15 is 0 Å². The van der Waals surface area contributed by atoms with E-state index in [4.69, 9.17) is 14.6 Å². The first-order valence-corrected chi connectivity index (χ1v) is 6.75. The fourth-order valence-electron chi connectivity index (χ4n) is 2.31. The van der Waals surface area contributed by atoms with Crippen LogP contribution in [0.5, 0.6) is 5.88 Å². The molecule has 8 nitrogen and oxygen atoms in total. The highest BCUT2D eigenvalue weighted by atomic mass is 19.1. The number of aliphatic hydroxyl groups is 1. The fourth-order valence-corrected chi connectivity index (χ4v) is 2.31. The smallest absolute Gasteiger partial charge is 0.352 e. The summed E-state index contributed by atoms with van der Waals surface area (Å²) in [6, 6.07) is -0.590. The number of nitrogens with zero attached hydrogens (tertiary/aromatic N) is 3. The quantitative estimate of drug-likeness (QED) is 0.481. The van der Waals surface area contributed by atoms with Crippen LogP contribution in [0.4, 0.5) is 10.1 Å². The molecule has 1 aliphatic heterocycles. The molecular formula is C12H18FN3O5. The number of rotatable bonds is 6. The van der Waals surface area contributed by atoms with Gasteiger partial charge in [-0.3, -0.25) is 14.8 Å². The van der Waals surface area contributed by atoms with E-state index in [0.29, 0.717) is 19.4 Å². The monoisotopic (exact) mass is 303 g/mol. The Labute approximate surface area is 120 Å². The largest absolute Gasteiger partial charge is 0.472 e. The average molecular weight is 303 g/mol. The molecule has 1 aromatic heterocycles. The summed E-state index contributed by atoms with van der Waals surface area (Å²) in [6.45, 7) is 1.89. The lowest BCUT2D eigenvalue weighted by atomic mass is 10.1. The van der Waals surface area contributed by atoms with Crippen LogP contribution in [0, 0.1) is 17.0 Å². The molecule has 0 bridgehead atoms. The predicted molar refractivity (Wildman–Crippen MR) is 70.2 cm³/mol. The predicted octanol–water partition coefficient (Wildman–Crippen LogP) is 1.16. The topological polar surface area (TPSA) is 99.7 Å². The second kappa shape index (κ2) is 6.81. The summed E-state index contributed by atoms with van der Waals surface area (Å²) in [5.41, 5.74) is 0.000167. The van der Waals surface area contributed by atoms with Gasteiger partial charge in [-0.15, -0.1) is 5.10 Å². The van der Waals surface area contributed by atoms with Crippen LogP contribution in [0.2, 0.25) is 0 Å². The third kappa shape index (κ3) is 3.30. The van der Waals surface area contributed by atoms with Crippen molar-refractivity contribution in [2.75, 3.05) is 26.4 Å². The standard InChI is InChI=1S/C12H18FN3O5/c1-8-11(16(18)19)12(21-5-2-4-17)14-15(8)10-3-6-20-7-9(10)13/h9-10,17H,2-7H2,1H3. The third-order valence-corrected chi connectivity index (χ3v) is 3.38.